The molecule has 16 heavy (non-hydrogen) atoms. The van der Waals surface area contributed by atoms with E-state index in [1.54, 1.807) is 25.1 Å². The number of benzene rings is 1. The Bertz CT molecular complexity index is 634. The van der Waals surface area contributed by atoms with Gasteiger partial charge in [0.1, 0.15) is 0 Å². The predicted octanol–water partition coefficient (Wildman–Crippen LogP) is 1.34. The molecule has 0 unspecified atom stereocenters. The van der Waals surface area contributed by atoms with Crippen LogP contribution in [0.3, 0.4) is 0 Å². The summed E-state index contributed by atoms with van der Waals surface area (Å²) in [7, 11) is 0. The zero-order chi connectivity index (χ0) is 11.7. The van der Waals surface area contributed by atoms with Gasteiger partial charge in [0.15, 0.2) is 0 Å². The van der Waals surface area contributed by atoms with Crippen LogP contribution in [0.25, 0.3) is 16.6 Å². The highest BCUT2D eigenvalue weighted by Crippen LogP contribution is 2.17. The number of imidazole rings is 1. The molecule has 0 atom stereocenters. The van der Waals surface area contributed by atoms with Crippen LogP contribution in [-0.4, -0.2) is 21.0 Å². The highest BCUT2D eigenvalue weighted by atomic mass is 16.4. The Morgan fingerprint density at radius 1 is 1.31 bits per heavy atom. The lowest BCUT2D eigenvalue weighted by Crippen LogP contribution is -1.99. The number of carbonyl (C=O) groups is 1. The van der Waals surface area contributed by atoms with Crippen LogP contribution in [0.4, 0.5) is 0 Å². The normalized spacial score (nSPS) is 11.9. The van der Waals surface area contributed by atoms with E-state index in [0.717, 1.165) is 11.6 Å². The number of hydrogen-bond acceptors (Lipinski definition) is 2. The molecule has 0 aliphatic rings. The molecule has 82 valence electrons. The minimum atomic E-state index is -0.986. The van der Waals surface area contributed by atoms with E-state index in [2.05, 4.69) is 9.97 Å². The monoisotopic (exact) mass is 218 g/mol. The van der Waals surface area contributed by atoms with Crippen LogP contribution >= 0.6 is 0 Å². The number of carboxylic acids is 1. The standard InChI is InChI=1S/C11H10N2O3/c1-6(4-10(14)15)7-2-3-8-9(5-7)13-11(16)12-8/h2-5H,1H3,(H,14,15)(H2,12,13,16)/b6-4+. The van der Waals surface area contributed by atoms with Gasteiger partial charge in [-0.3, -0.25) is 0 Å². The first kappa shape index (κ1) is 10.2. The molecule has 0 amide bonds. The number of aromatic nitrogens is 2. The molecule has 0 aliphatic carbocycles. The second kappa shape index (κ2) is 3.69. The Morgan fingerprint density at radius 2 is 2.00 bits per heavy atom. The van der Waals surface area contributed by atoms with Gasteiger partial charge in [0.2, 0.25) is 0 Å². The fourth-order valence-corrected chi connectivity index (χ4v) is 1.55. The summed E-state index contributed by atoms with van der Waals surface area (Å²) in [4.78, 5) is 26.8. The Labute approximate surface area is 90.4 Å². The van der Waals surface area contributed by atoms with E-state index in [-0.39, 0.29) is 5.69 Å². The van der Waals surface area contributed by atoms with Crippen molar-refractivity contribution in [1.29, 1.82) is 0 Å². The number of rotatable bonds is 2. The lowest BCUT2D eigenvalue weighted by Gasteiger charge is -1.99. The number of H-pyrrole nitrogens is 2. The number of fused-ring (bicyclic) bond motifs is 1. The van der Waals surface area contributed by atoms with Crippen molar-refractivity contribution in [2.24, 2.45) is 0 Å². The van der Waals surface area contributed by atoms with Gasteiger partial charge < -0.3 is 15.1 Å². The summed E-state index contributed by atoms with van der Waals surface area (Å²) >= 11 is 0. The van der Waals surface area contributed by atoms with Crippen molar-refractivity contribution in [2.75, 3.05) is 0 Å². The van der Waals surface area contributed by atoms with Crippen molar-refractivity contribution in [2.45, 2.75) is 6.92 Å². The van der Waals surface area contributed by atoms with Crippen LogP contribution in [0.2, 0.25) is 0 Å². The van der Waals surface area contributed by atoms with Gasteiger partial charge in [-0.25, -0.2) is 9.59 Å². The van der Waals surface area contributed by atoms with E-state index in [1.807, 2.05) is 0 Å². The molecule has 0 radical (unpaired) electrons. The summed E-state index contributed by atoms with van der Waals surface area (Å²) in [5, 5.41) is 8.62. The van der Waals surface area contributed by atoms with Gasteiger partial charge in [0.05, 0.1) is 11.0 Å². The van der Waals surface area contributed by atoms with Crippen LogP contribution in [0, 0.1) is 0 Å². The quantitative estimate of drug-likeness (QED) is 0.665. The molecule has 0 fully saturated rings. The van der Waals surface area contributed by atoms with Crippen molar-refractivity contribution in [1.82, 2.24) is 9.97 Å². The molecular formula is C11H10N2O3. The number of carboxylic acid groups (broad SMARTS) is 1. The minimum Gasteiger partial charge on any atom is -0.478 e. The lowest BCUT2D eigenvalue weighted by atomic mass is 10.1. The largest absolute Gasteiger partial charge is 0.478 e. The average molecular weight is 218 g/mol. The maximum Gasteiger partial charge on any atom is 0.328 e. The summed E-state index contributed by atoms with van der Waals surface area (Å²) in [5.41, 5.74) is 2.51. The zero-order valence-electron chi connectivity index (χ0n) is 8.57. The van der Waals surface area contributed by atoms with Gasteiger partial charge in [-0.2, -0.15) is 0 Å². The topological polar surface area (TPSA) is 85.9 Å². The highest BCUT2D eigenvalue weighted by molar-refractivity contribution is 5.91. The van der Waals surface area contributed by atoms with Crippen molar-refractivity contribution in [3.05, 3.63) is 40.3 Å². The predicted molar refractivity (Wildman–Crippen MR) is 60.2 cm³/mol. The van der Waals surface area contributed by atoms with Gasteiger partial charge in [-0.15, -0.1) is 0 Å². The highest BCUT2D eigenvalue weighted by Gasteiger charge is 2.02. The molecule has 1 aromatic carbocycles. The fraction of sp³-hybridized carbons (Fsp3) is 0.0909. The van der Waals surface area contributed by atoms with Gasteiger partial charge in [-0.05, 0) is 30.2 Å². The van der Waals surface area contributed by atoms with E-state index in [9.17, 15) is 9.59 Å². The number of nitrogens with one attached hydrogen (secondary N) is 2. The van der Waals surface area contributed by atoms with Crippen LogP contribution < -0.4 is 5.69 Å². The lowest BCUT2D eigenvalue weighted by molar-refractivity contribution is -0.131. The zero-order valence-corrected chi connectivity index (χ0v) is 8.57. The number of aliphatic carboxylic acids is 1. The maximum absolute atomic E-state index is 11.0. The summed E-state index contributed by atoms with van der Waals surface area (Å²) in [6.45, 7) is 1.71. The molecule has 5 heteroatoms. The first-order valence-electron chi connectivity index (χ1n) is 4.70. The van der Waals surface area contributed by atoms with Gasteiger partial charge in [0.25, 0.3) is 0 Å². The number of hydrogen-bond donors (Lipinski definition) is 3. The third-order valence-corrected chi connectivity index (χ3v) is 2.31. The molecule has 0 saturated heterocycles. The number of aromatic amines is 2. The Balaban J connectivity index is 2.54. The summed E-state index contributed by atoms with van der Waals surface area (Å²) in [5.74, 6) is -0.986. The van der Waals surface area contributed by atoms with E-state index >= 15 is 0 Å². The molecule has 2 rings (SSSR count). The third-order valence-electron chi connectivity index (χ3n) is 2.31. The van der Waals surface area contributed by atoms with E-state index in [0.29, 0.717) is 16.6 Å². The van der Waals surface area contributed by atoms with E-state index in [4.69, 9.17) is 5.11 Å². The average Bonchev–Trinajstić information content (AvgIpc) is 2.55. The van der Waals surface area contributed by atoms with Crippen molar-refractivity contribution in [3.63, 3.8) is 0 Å². The molecule has 1 heterocycles. The first-order valence-corrected chi connectivity index (χ1v) is 4.70. The molecular weight excluding hydrogens is 208 g/mol. The molecule has 5 nitrogen and oxygen atoms in total. The minimum absolute atomic E-state index is 0.271. The molecule has 0 saturated carbocycles. The van der Waals surface area contributed by atoms with Crippen molar-refractivity contribution < 1.29 is 9.90 Å². The molecule has 2 aromatic rings. The molecule has 0 spiro atoms. The SMILES string of the molecule is C/C(=C\C(=O)O)c1ccc2[nH]c(=O)[nH]c2c1. The Hall–Kier alpha value is -2.30. The van der Waals surface area contributed by atoms with Crippen molar-refractivity contribution in [3.8, 4) is 0 Å². The van der Waals surface area contributed by atoms with Crippen LogP contribution in [-0.2, 0) is 4.79 Å². The third kappa shape index (κ3) is 1.88. The number of allylic oxidation sites excluding steroid dienone is 1. The Kier molecular flexibility index (Phi) is 2.36. The summed E-state index contributed by atoms with van der Waals surface area (Å²) in [6, 6.07) is 5.24. The van der Waals surface area contributed by atoms with Crippen LogP contribution in [0.5, 0.6) is 0 Å². The fourth-order valence-electron chi connectivity index (χ4n) is 1.55. The van der Waals surface area contributed by atoms with Crippen molar-refractivity contribution >= 4 is 22.6 Å². The smallest absolute Gasteiger partial charge is 0.328 e. The molecule has 3 N–H and O–H groups in total. The van der Waals surface area contributed by atoms with E-state index < -0.39 is 5.97 Å². The van der Waals surface area contributed by atoms with Gasteiger partial charge in [-0.1, -0.05) is 6.07 Å². The van der Waals surface area contributed by atoms with Gasteiger partial charge >= 0.3 is 11.7 Å². The van der Waals surface area contributed by atoms with Gasteiger partial charge in [0, 0.05) is 6.08 Å². The molecule has 0 bridgehead atoms. The second-order valence-corrected chi connectivity index (χ2v) is 3.51. The molecule has 1 aromatic heterocycles. The van der Waals surface area contributed by atoms with E-state index in [1.165, 1.54) is 0 Å². The summed E-state index contributed by atoms with van der Waals surface area (Å²) < 4.78 is 0. The Morgan fingerprint density at radius 3 is 2.69 bits per heavy atom. The van der Waals surface area contributed by atoms with Crippen LogP contribution in [0.1, 0.15) is 12.5 Å². The van der Waals surface area contributed by atoms with Crippen LogP contribution in [0.15, 0.2) is 29.1 Å². The second-order valence-electron chi connectivity index (χ2n) is 3.51. The maximum atomic E-state index is 11.0. The molecule has 0 aliphatic heterocycles. The summed E-state index contributed by atoms with van der Waals surface area (Å²) in [6.07, 6.45) is 1.13. The first-order chi connectivity index (χ1) is 7.56.